The van der Waals surface area contributed by atoms with Gasteiger partial charge in [-0.15, -0.1) is 0 Å². The van der Waals surface area contributed by atoms with Crippen molar-refractivity contribution in [2.75, 3.05) is 6.61 Å². The van der Waals surface area contributed by atoms with Gasteiger partial charge in [0.2, 0.25) is 0 Å². The average Bonchev–Trinajstić information content (AvgIpc) is 3.19. The molecule has 1 amide bonds. The van der Waals surface area contributed by atoms with Crippen molar-refractivity contribution in [3.8, 4) is 11.5 Å². The Labute approximate surface area is 179 Å². The largest absolute Gasteiger partial charge is 0.487 e. The topological polar surface area (TPSA) is 115 Å². The van der Waals surface area contributed by atoms with Crippen molar-refractivity contribution >= 4 is 22.8 Å². The predicted octanol–water partition coefficient (Wildman–Crippen LogP) is 2.74. The third-order valence-electron chi connectivity index (χ3n) is 6.03. The summed E-state index contributed by atoms with van der Waals surface area (Å²) in [5, 5.41) is 12.3. The van der Waals surface area contributed by atoms with Gasteiger partial charge in [0.05, 0.1) is 5.39 Å². The van der Waals surface area contributed by atoms with Gasteiger partial charge in [-0.25, -0.2) is 9.59 Å². The van der Waals surface area contributed by atoms with Gasteiger partial charge in [0.15, 0.2) is 6.61 Å². The van der Waals surface area contributed by atoms with Gasteiger partial charge in [-0.2, -0.15) is 0 Å². The summed E-state index contributed by atoms with van der Waals surface area (Å²) >= 11 is 0. The predicted molar refractivity (Wildman–Crippen MR) is 113 cm³/mol. The molecule has 4 rings (SSSR count). The number of aryl methyl sites for hydroxylation is 2. The van der Waals surface area contributed by atoms with Gasteiger partial charge in [0, 0.05) is 17.2 Å². The molecule has 1 aromatic carbocycles. The molecule has 0 bridgehead atoms. The number of carboxylic acids is 1. The van der Waals surface area contributed by atoms with Crippen LogP contribution in [0.4, 0.5) is 0 Å². The van der Waals surface area contributed by atoms with Crippen LogP contribution in [0.1, 0.15) is 56.7 Å². The van der Waals surface area contributed by atoms with Gasteiger partial charge >= 0.3 is 11.6 Å². The minimum absolute atomic E-state index is 0.268. The lowest BCUT2D eigenvalue weighted by Gasteiger charge is -2.33. The van der Waals surface area contributed by atoms with E-state index in [0.29, 0.717) is 40.9 Å². The molecule has 1 aliphatic carbocycles. The number of carbonyl (C=O) groups excluding carboxylic acids is 1. The Morgan fingerprint density at radius 1 is 1.23 bits per heavy atom. The van der Waals surface area contributed by atoms with Crippen LogP contribution in [0.15, 0.2) is 15.3 Å². The molecular formula is C23H27NO7. The van der Waals surface area contributed by atoms with E-state index in [2.05, 4.69) is 5.32 Å². The first-order valence-electron chi connectivity index (χ1n) is 10.7. The van der Waals surface area contributed by atoms with E-state index in [9.17, 15) is 14.4 Å². The highest BCUT2D eigenvalue weighted by Crippen LogP contribution is 2.44. The maximum Gasteiger partial charge on any atom is 0.339 e. The van der Waals surface area contributed by atoms with E-state index in [4.69, 9.17) is 19.0 Å². The van der Waals surface area contributed by atoms with Crippen LogP contribution in [0.3, 0.4) is 0 Å². The van der Waals surface area contributed by atoms with Gasteiger partial charge in [-0.05, 0) is 57.9 Å². The van der Waals surface area contributed by atoms with E-state index in [0.717, 1.165) is 30.4 Å². The number of aliphatic carboxylic acids is 1. The Kier molecular flexibility index (Phi) is 5.41. The monoisotopic (exact) mass is 429 g/mol. The van der Waals surface area contributed by atoms with Crippen molar-refractivity contribution in [1.29, 1.82) is 0 Å². The van der Waals surface area contributed by atoms with Crippen LogP contribution >= 0.6 is 0 Å². The average molecular weight is 429 g/mol. The quantitative estimate of drug-likeness (QED) is 0.679. The Hall–Kier alpha value is -3.03. The fourth-order valence-corrected chi connectivity index (χ4v) is 4.38. The van der Waals surface area contributed by atoms with Crippen LogP contribution in [0.2, 0.25) is 0 Å². The van der Waals surface area contributed by atoms with E-state index < -0.39 is 17.9 Å². The zero-order chi connectivity index (χ0) is 22.3. The van der Waals surface area contributed by atoms with Crippen LogP contribution in [-0.4, -0.2) is 35.2 Å². The van der Waals surface area contributed by atoms with Gasteiger partial charge in [0.25, 0.3) is 5.91 Å². The molecule has 8 nitrogen and oxygen atoms in total. The number of hydrogen-bond acceptors (Lipinski definition) is 6. The first-order chi connectivity index (χ1) is 14.7. The highest BCUT2D eigenvalue weighted by Gasteiger charge is 2.32. The highest BCUT2D eigenvalue weighted by atomic mass is 16.5. The summed E-state index contributed by atoms with van der Waals surface area (Å²) in [4.78, 5) is 36.0. The second-order valence-corrected chi connectivity index (χ2v) is 8.77. The number of ether oxygens (including phenoxy) is 2. The summed E-state index contributed by atoms with van der Waals surface area (Å²) in [6.45, 7) is 5.31. The molecule has 166 valence electrons. The molecule has 0 spiro atoms. The Morgan fingerprint density at radius 2 is 1.97 bits per heavy atom. The molecule has 2 heterocycles. The smallest absolute Gasteiger partial charge is 0.339 e. The molecule has 2 aromatic rings. The number of rotatable bonds is 6. The minimum atomic E-state index is -1.09. The van der Waals surface area contributed by atoms with E-state index in [1.165, 1.54) is 0 Å². The van der Waals surface area contributed by atoms with Crippen LogP contribution in [0.25, 0.3) is 11.0 Å². The van der Waals surface area contributed by atoms with Crippen LogP contribution in [-0.2, 0) is 28.9 Å². The maximum absolute atomic E-state index is 12.6. The second kappa shape index (κ2) is 7.90. The van der Waals surface area contributed by atoms with E-state index in [-0.39, 0.29) is 24.3 Å². The molecular weight excluding hydrogens is 402 g/mol. The first kappa shape index (κ1) is 21.2. The standard InChI is InChI=1S/C23H27NO7/c1-4-15(21(26)27)24-18(25)11-29-17-10-16-14(8-9-23(2,3)31-16)20-19(17)12-6-5-7-13(12)22(28)30-20/h10,15H,4-9,11H2,1-3H3,(H,24,25)(H,26,27)/t15-/m0/s1. The molecule has 1 aliphatic heterocycles. The fourth-order valence-electron chi connectivity index (χ4n) is 4.38. The highest BCUT2D eigenvalue weighted by molar-refractivity contribution is 5.93. The van der Waals surface area contributed by atoms with E-state index in [1.807, 2.05) is 13.8 Å². The van der Waals surface area contributed by atoms with Crippen molar-refractivity contribution in [3.05, 3.63) is 33.2 Å². The number of hydrogen-bond donors (Lipinski definition) is 2. The molecule has 1 aromatic heterocycles. The van der Waals surface area contributed by atoms with Gasteiger partial charge in [0.1, 0.15) is 28.7 Å². The number of amides is 1. The third-order valence-corrected chi connectivity index (χ3v) is 6.03. The Balaban J connectivity index is 1.74. The maximum atomic E-state index is 12.6. The third kappa shape index (κ3) is 3.98. The number of nitrogens with one attached hydrogen (secondary N) is 1. The van der Waals surface area contributed by atoms with Crippen LogP contribution < -0.4 is 20.4 Å². The van der Waals surface area contributed by atoms with Crippen molar-refractivity contribution in [1.82, 2.24) is 5.32 Å². The van der Waals surface area contributed by atoms with Crippen molar-refractivity contribution in [2.24, 2.45) is 0 Å². The summed E-state index contributed by atoms with van der Waals surface area (Å²) in [7, 11) is 0. The molecule has 1 atom stereocenters. The zero-order valence-electron chi connectivity index (χ0n) is 18.0. The van der Waals surface area contributed by atoms with Gasteiger partial charge < -0.3 is 24.3 Å². The molecule has 0 radical (unpaired) electrons. The molecule has 31 heavy (non-hydrogen) atoms. The number of carbonyl (C=O) groups is 2. The summed E-state index contributed by atoms with van der Waals surface area (Å²) < 4.78 is 17.7. The fraction of sp³-hybridized carbons (Fsp3) is 0.522. The molecule has 0 fully saturated rings. The summed E-state index contributed by atoms with van der Waals surface area (Å²) in [6, 6.07) is 0.793. The Bertz CT molecular complexity index is 1120. The lowest BCUT2D eigenvalue weighted by atomic mass is 9.91. The van der Waals surface area contributed by atoms with Crippen molar-refractivity contribution < 1.29 is 28.6 Å². The van der Waals surface area contributed by atoms with Crippen molar-refractivity contribution in [2.45, 2.75) is 70.9 Å². The van der Waals surface area contributed by atoms with Gasteiger partial charge in [-0.1, -0.05) is 6.92 Å². The summed E-state index contributed by atoms with van der Waals surface area (Å²) in [6.07, 6.45) is 4.01. The molecule has 8 heteroatoms. The van der Waals surface area contributed by atoms with Crippen LogP contribution in [0.5, 0.6) is 11.5 Å². The Morgan fingerprint density at radius 3 is 2.68 bits per heavy atom. The molecule has 2 N–H and O–H groups in total. The molecule has 0 saturated heterocycles. The number of fused-ring (bicyclic) bond motifs is 5. The lowest BCUT2D eigenvalue weighted by molar-refractivity contribution is -0.142. The SMILES string of the molecule is CC[C@H](NC(=O)COc1cc2c(c3oc(=O)c4c(c13)CCC4)CCC(C)(C)O2)C(=O)O. The lowest BCUT2D eigenvalue weighted by Crippen LogP contribution is -2.42. The molecule has 0 saturated carbocycles. The summed E-state index contributed by atoms with van der Waals surface area (Å²) in [5.74, 6) is -0.634. The van der Waals surface area contributed by atoms with E-state index >= 15 is 0 Å². The molecule has 2 aliphatic rings. The van der Waals surface area contributed by atoms with Gasteiger partial charge in [-0.3, -0.25) is 4.79 Å². The normalized spacial score (nSPS) is 17.4. The zero-order valence-corrected chi connectivity index (χ0v) is 18.0. The second-order valence-electron chi connectivity index (χ2n) is 8.77. The van der Waals surface area contributed by atoms with Crippen molar-refractivity contribution in [3.63, 3.8) is 0 Å². The summed E-state index contributed by atoms with van der Waals surface area (Å²) in [5.41, 5.74) is 2.18. The first-order valence-corrected chi connectivity index (χ1v) is 10.7. The number of benzene rings is 1. The van der Waals surface area contributed by atoms with E-state index in [1.54, 1.807) is 13.0 Å². The van der Waals surface area contributed by atoms with Crippen LogP contribution in [0, 0.1) is 0 Å². The molecule has 0 unspecified atom stereocenters. The number of carboxylic acid groups (broad SMARTS) is 1. The minimum Gasteiger partial charge on any atom is -0.487 e.